The molecule has 1 aliphatic rings. The Balaban J connectivity index is 1.70. The van der Waals surface area contributed by atoms with Crippen LogP contribution in [0.15, 0.2) is 47.5 Å². The van der Waals surface area contributed by atoms with Crippen LogP contribution in [-0.4, -0.2) is 50.1 Å². The summed E-state index contributed by atoms with van der Waals surface area (Å²) in [6.45, 7) is 0.568. The maximum absolute atomic E-state index is 13.0. The van der Waals surface area contributed by atoms with Crippen LogP contribution < -0.4 is 10.1 Å². The first kappa shape index (κ1) is 20.6. The Kier molecular flexibility index (Phi) is 6.31. The van der Waals surface area contributed by atoms with Gasteiger partial charge in [-0.25, -0.2) is 18.2 Å². The number of sulfonamides is 1. The smallest absolute Gasteiger partial charge is 0.411 e. The summed E-state index contributed by atoms with van der Waals surface area (Å²) in [5.74, 6) is 0.298. The van der Waals surface area contributed by atoms with Crippen LogP contribution in [-0.2, 0) is 14.8 Å². The van der Waals surface area contributed by atoms with E-state index < -0.39 is 16.1 Å². The van der Waals surface area contributed by atoms with Crippen LogP contribution in [0, 0.1) is 11.3 Å². The molecule has 1 saturated heterocycles. The minimum absolute atomic E-state index is 0.123. The molecule has 2 heterocycles. The van der Waals surface area contributed by atoms with Crippen molar-refractivity contribution in [2.24, 2.45) is 0 Å². The van der Waals surface area contributed by atoms with Crippen molar-refractivity contribution in [3.63, 3.8) is 0 Å². The lowest BCUT2D eigenvalue weighted by molar-refractivity contribution is 0.124. The molecule has 29 heavy (non-hydrogen) atoms. The SMILES string of the molecule is COC(=O)Nc1ccc(S(=O)(=O)N2CCC[C@H](Oc3cc(C#N)ccn3)C2)cc1. The number of piperidine rings is 1. The number of nitriles is 1. The maximum Gasteiger partial charge on any atom is 0.411 e. The van der Waals surface area contributed by atoms with Gasteiger partial charge in [-0.2, -0.15) is 9.57 Å². The summed E-state index contributed by atoms with van der Waals surface area (Å²) in [4.78, 5) is 15.4. The number of benzene rings is 1. The fraction of sp³-hybridized carbons (Fsp3) is 0.316. The first-order valence-corrected chi connectivity index (χ1v) is 10.3. The first-order chi connectivity index (χ1) is 13.9. The topological polar surface area (TPSA) is 122 Å². The number of rotatable bonds is 5. The summed E-state index contributed by atoms with van der Waals surface area (Å²) in [7, 11) is -2.47. The molecular formula is C19H20N4O5S. The van der Waals surface area contributed by atoms with E-state index in [0.717, 1.165) is 0 Å². The lowest BCUT2D eigenvalue weighted by Crippen LogP contribution is -2.44. The number of aromatic nitrogens is 1. The van der Waals surface area contributed by atoms with Gasteiger partial charge in [0.1, 0.15) is 6.10 Å². The van der Waals surface area contributed by atoms with Crippen molar-refractivity contribution in [3.8, 4) is 11.9 Å². The Labute approximate surface area is 168 Å². The van der Waals surface area contributed by atoms with Gasteiger partial charge in [-0.05, 0) is 43.2 Å². The molecule has 0 aliphatic carbocycles. The molecule has 1 aliphatic heterocycles. The first-order valence-electron chi connectivity index (χ1n) is 8.90. The zero-order valence-corrected chi connectivity index (χ0v) is 16.6. The number of nitrogens with one attached hydrogen (secondary N) is 1. The third-order valence-corrected chi connectivity index (χ3v) is 6.30. The van der Waals surface area contributed by atoms with Gasteiger partial charge in [-0.3, -0.25) is 5.32 Å². The quantitative estimate of drug-likeness (QED) is 0.794. The second-order valence-corrected chi connectivity index (χ2v) is 8.32. The number of methoxy groups -OCH3 is 1. The van der Waals surface area contributed by atoms with Crippen LogP contribution in [0.1, 0.15) is 18.4 Å². The van der Waals surface area contributed by atoms with E-state index >= 15 is 0 Å². The number of hydrogen-bond acceptors (Lipinski definition) is 7. The molecule has 0 saturated carbocycles. The molecule has 152 valence electrons. The van der Waals surface area contributed by atoms with Crippen molar-refractivity contribution in [2.45, 2.75) is 23.8 Å². The van der Waals surface area contributed by atoms with Crippen molar-refractivity contribution in [2.75, 3.05) is 25.5 Å². The largest absolute Gasteiger partial charge is 0.473 e. The van der Waals surface area contributed by atoms with Crippen LogP contribution in [0.2, 0.25) is 0 Å². The number of carbonyl (C=O) groups is 1. The number of carbonyl (C=O) groups excluding carboxylic acids is 1. The second-order valence-electron chi connectivity index (χ2n) is 6.38. The molecule has 1 aromatic heterocycles. The number of hydrogen-bond donors (Lipinski definition) is 1. The van der Waals surface area contributed by atoms with E-state index in [1.807, 2.05) is 6.07 Å². The van der Waals surface area contributed by atoms with Crippen LogP contribution in [0.4, 0.5) is 10.5 Å². The Hall–Kier alpha value is -3.16. The highest BCUT2D eigenvalue weighted by Gasteiger charge is 2.31. The molecule has 1 fully saturated rings. The van der Waals surface area contributed by atoms with Crippen LogP contribution in [0.25, 0.3) is 0 Å². The van der Waals surface area contributed by atoms with Crippen molar-refractivity contribution in [1.29, 1.82) is 5.26 Å². The van der Waals surface area contributed by atoms with Crippen molar-refractivity contribution < 1.29 is 22.7 Å². The molecule has 0 spiro atoms. The summed E-state index contributed by atoms with van der Waals surface area (Å²) in [6.07, 6.45) is 1.82. The Morgan fingerprint density at radius 3 is 2.76 bits per heavy atom. The molecule has 1 atom stereocenters. The molecule has 9 nitrogen and oxygen atoms in total. The van der Waals surface area contributed by atoms with Gasteiger partial charge in [0.15, 0.2) is 0 Å². The lowest BCUT2D eigenvalue weighted by atomic mass is 10.1. The number of amides is 1. The number of anilines is 1. The summed E-state index contributed by atoms with van der Waals surface area (Å²) in [5.41, 5.74) is 0.857. The number of pyridine rings is 1. The van der Waals surface area contributed by atoms with Crippen molar-refractivity contribution >= 4 is 21.8 Å². The number of ether oxygens (including phenoxy) is 2. The maximum atomic E-state index is 13.0. The van der Waals surface area contributed by atoms with Crippen molar-refractivity contribution in [3.05, 3.63) is 48.2 Å². The molecule has 1 amide bonds. The molecule has 1 aromatic carbocycles. The van der Waals surface area contributed by atoms with Gasteiger partial charge >= 0.3 is 6.09 Å². The third-order valence-electron chi connectivity index (χ3n) is 4.42. The van der Waals surface area contributed by atoms with E-state index in [9.17, 15) is 13.2 Å². The lowest BCUT2D eigenvalue weighted by Gasteiger charge is -2.31. The van der Waals surface area contributed by atoms with E-state index in [0.29, 0.717) is 36.5 Å². The minimum atomic E-state index is -3.71. The average molecular weight is 416 g/mol. The van der Waals surface area contributed by atoms with Gasteiger partial charge in [0.05, 0.1) is 30.2 Å². The molecule has 10 heteroatoms. The molecule has 0 bridgehead atoms. The average Bonchev–Trinajstić information content (AvgIpc) is 2.74. The third kappa shape index (κ3) is 5.01. The fourth-order valence-electron chi connectivity index (χ4n) is 2.96. The molecule has 3 rings (SSSR count). The van der Waals surface area contributed by atoms with E-state index in [-0.39, 0.29) is 17.5 Å². The molecule has 0 unspecified atom stereocenters. The Morgan fingerprint density at radius 1 is 1.31 bits per heavy atom. The minimum Gasteiger partial charge on any atom is -0.473 e. The standard InChI is InChI=1S/C19H20N4O5S/c1-27-19(24)22-15-4-6-17(7-5-15)29(25,26)23-10-2-3-16(13-23)28-18-11-14(12-20)8-9-21-18/h4-9,11,16H,2-3,10,13H2,1H3,(H,22,24)/t16-/m0/s1. The van der Waals surface area contributed by atoms with Gasteiger partial charge in [0.2, 0.25) is 15.9 Å². The van der Waals surface area contributed by atoms with E-state index in [1.165, 1.54) is 47.9 Å². The summed E-state index contributed by atoms with van der Waals surface area (Å²) < 4.78 is 37.6. The molecule has 2 aromatic rings. The van der Waals surface area contributed by atoms with Crippen LogP contribution in [0.5, 0.6) is 5.88 Å². The molecule has 1 N–H and O–H groups in total. The van der Waals surface area contributed by atoms with Gasteiger partial charge < -0.3 is 9.47 Å². The number of nitrogens with zero attached hydrogens (tertiary/aromatic N) is 3. The van der Waals surface area contributed by atoms with Gasteiger partial charge in [-0.15, -0.1) is 0 Å². The highest BCUT2D eigenvalue weighted by atomic mass is 32.2. The summed E-state index contributed by atoms with van der Waals surface area (Å²) >= 11 is 0. The molecular weight excluding hydrogens is 396 g/mol. The second kappa shape index (κ2) is 8.89. The van der Waals surface area contributed by atoms with Crippen LogP contribution >= 0.6 is 0 Å². The zero-order chi connectivity index (χ0) is 20.9. The predicted octanol–water partition coefficient (Wildman–Crippen LogP) is 2.36. The van der Waals surface area contributed by atoms with E-state index in [2.05, 4.69) is 15.0 Å². The zero-order valence-electron chi connectivity index (χ0n) is 15.7. The summed E-state index contributed by atoms with van der Waals surface area (Å²) in [6, 6.07) is 11.0. The van der Waals surface area contributed by atoms with Gasteiger partial charge in [0.25, 0.3) is 0 Å². The van der Waals surface area contributed by atoms with E-state index in [4.69, 9.17) is 10.00 Å². The van der Waals surface area contributed by atoms with Gasteiger partial charge in [0, 0.05) is 24.5 Å². The predicted molar refractivity (Wildman–Crippen MR) is 104 cm³/mol. The van der Waals surface area contributed by atoms with Gasteiger partial charge in [-0.1, -0.05) is 0 Å². The van der Waals surface area contributed by atoms with Crippen LogP contribution in [0.3, 0.4) is 0 Å². The normalized spacial score (nSPS) is 17.2. The Morgan fingerprint density at radius 2 is 2.07 bits per heavy atom. The highest BCUT2D eigenvalue weighted by Crippen LogP contribution is 2.24. The monoisotopic (exact) mass is 416 g/mol. The summed E-state index contributed by atoms with van der Waals surface area (Å²) in [5, 5.41) is 11.4. The van der Waals surface area contributed by atoms with E-state index in [1.54, 1.807) is 6.07 Å². The van der Waals surface area contributed by atoms with Crippen molar-refractivity contribution in [1.82, 2.24) is 9.29 Å². The Bertz CT molecular complexity index is 1020. The fourth-order valence-corrected chi connectivity index (χ4v) is 4.47. The molecule has 0 radical (unpaired) electrons. The highest BCUT2D eigenvalue weighted by molar-refractivity contribution is 7.89.